The number of hydrogen-bond acceptors (Lipinski definition) is 3. The van der Waals surface area contributed by atoms with Crippen LogP contribution in [0.25, 0.3) is 10.9 Å². The number of nitrogens with one attached hydrogen (secondary N) is 2. The number of pyridine rings is 1. The first-order valence-corrected chi connectivity index (χ1v) is 7.35. The second kappa shape index (κ2) is 6.22. The summed E-state index contributed by atoms with van der Waals surface area (Å²) in [6.45, 7) is 4.01. The number of anilines is 1. The molecule has 1 aromatic heterocycles. The second-order valence-electron chi connectivity index (χ2n) is 5.01. The summed E-state index contributed by atoms with van der Waals surface area (Å²) in [5.74, 6) is 0.859. The first kappa shape index (κ1) is 14.8. The normalized spacial score (nSPS) is 12.4. The number of halogens is 1. The van der Waals surface area contributed by atoms with E-state index in [4.69, 9.17) is 0 Å². The largest absolute Gasteiger partial charge is 0.358 e. The molecule has 2 rings (SSSR count). The molecule has 0 aliphatic rings. The number of aromatic nitrogens is 1. The lowest BCUT2D eigenvalue weighted by atomic mass is 10.0. The molecule has 2 aromatic rings. The molecule has 20 heavy (non-hydrogen) atoms. The fraction of sp³-hybridized carbons (Fsp3) is 0.333. The topological polar surface area (TPSA) is 54.0 Å². The van der Waals surface area contributed by atoms with Crippen LogP contribution < -0.4 is 10.6 Å². The molecular formula is C15H18BrN3O. The Kier molecular flexibility index (Phi) is 4.60. The third-order valence-corrected chi connectivity index (χ3v) is 3.64. The minimum atomic E-state index is -0.291. The van der Waals surface area contributed by atoms with E-state index in [9.17, 15) is 4.79 Å². The van der Waals surface area contributed by atoms with Crippen LogP contribution in [0, 0.1) is 5.92 Å². The molecule has 1 heterocycles. The molecule has 0 radical (unpaired) electrons. The highest BCUT2D eigenvalue weighted by Gasteiger charge is 2.21. The molecular weight excluding hydrogens is 318 g/mol. The number of carbonyl (C=O) groups is 1. The van der Waals surface area contributed by atoms with E-state index in [0.29, 0.717) is 5.82 Å². The third kappa shape index (κ3) is 3.28. The van der Waals surface area contributed by atoms with Gasteiger partial charge in [-0.2, -0.15) is 0 Å². The van der Waals surface area contributed by atoms with Crippen LogP contribution in [0.5, 0.6) is 0 Å². The maximum absolute atomic E-state index is 11.9. The lowest BCUT2D eigenvalue weighted by molar-refractivity contribution is -0.122. The fourth-order valence-electron chi connectivity index (χ4n) is 2.03. The van der Waals surface area contributed by atoms with Gasteiger partial charge >= 0.3 is 0 Å². The van der Waals surface area contributed by atoms with Gasteiger partial charge in [0.1, 0.15) is 11.9 Å². The van der Waals surface area contributed by atoms with Gasteiger partial charge in [0.2, 0.25) is 5.91 Å². The first-order valence-electron chi connectivity index (χ1n) is 6.55. The molecule has 1 atom stereocenters. The lowest BCUT2D eigenvalue weighted by Gasteiger charge is -2.21. The summed E-state index contributed by atoms with van der Waals surface area (Å²) < 4.78 is 1.03. The standard InChI is InChI=1S/C15H18BrN3O/c1-9(2)14(15(20)17-3)19-13-7-4-10-8-11(16)5-6-12(10)18-13/h4-9,14H,1-3H3,(H,17,20)(H,18,19). The monoisotopic (exact) mass is 335 g/mol. The van der Waals surface area contributed by atoms with Crippen molar-refractivity contribution in [3.8, 4) is 0 Å². The Morgan fingerprint density at radius 1 is 1.25 bits per heavy atom. The molecule has 1 amide bonds. The van der Waals surface area contributed by atoms with Crippen molar-refractivity contribution < 1.29 is 4.79 Å². The second-order valence-corrected chi connectivity index (χ2v) is 5.93. The average Bonchev–Trinajstić information content (AvgIpc) is 2.43. The molecule has 5 heteroatoms. The van der Waals surface area contributed by atoms with E-state index in [2.05, 4.69) is 31.5 Å². The van der Waals surface area contributed by atoms with Gasteiger partial charge in [-0.1, -0.05) is 29.8 Å². The van der Waals surface area contributed by atoms with Crippen LogP contribution in [0.2, 0.25) is 0 Å². The zero-order chi connectivity index (χ0) is 14.7. The highest BCUT2D eigenvalue weighted by Crippen LogP contribution is 2.21. The van der Waals surface area contributed by atoms with Crippen molar-refractivity contribution in [2.75, 3.05) is 12.4 Å². The minimum Gasteiger partial charge on any atom is -0.358 e. The molecule has 0 saturated heterocycles. The van der Waals surface area contributed by atoms with Crippen LogP contribution in [-0.2, 0) is 4.79 Å². The molecule has 2 N–H and O–H groups in total. The summed E-state index contributed by atoms with van der Waals surface area (Å²) >= 11 is 3.44. The van der Waals surface area contributed by atoms with E-state index in [1.54, 1.807) is 7.05 Å². The fourth-order valence-corrected chi connectivity index (χ4v) is 2.41. The van der Waals surface area contributed by atoms with Crippen LogP contribution in [0.1, 0.15) is 13.8 Å². The van der Waals surface area contributed by atoms with Gasteiger partial charge in [-0.3, -0.25) is 4.79 Å². The Labute approximate surface area is 127 Å². The van der Waals surface area contributed by atoms with Gasteiger partial charge in [-0.05, 0) is 36.2 Å². The summed E-state index contributed by atoms with van der Waals surface area (Å²) in [6, 6.07) is 9.53. The first-order chi connectivity index (χ1) is 9.51. The lowest BCUT2D eigenvalue weighted by Crippen LogP contribution is -2.41. The van der Waals surface area contributed by atoms with E-state index in [1.165, 1.54) is 0 Å². The summed E-state index contributed by atoms with van der Waals surface area (Å²) in [5, 5.41) is 6.94. The minimum absolute atomic E-state index is 0.0299. The number of carbonyl (C=O) groups excluding carboxylic acids is 1. The van der Waals surface area contributed by atoms with Crippen LogP contribution in [0.4, 0.5) is 5.82 Å². The zero-order valence-electron chi connectivity index (χ0n) is 11.8. The molecule has 0 fully saturated rings. The van der Waals surface area contributed by atoms with E-state index >= 15 is 0 Å². The maximum atomic E-state index is 11.9. The highest BCUT2D eigenvalue weighted by molar-refractivity contribution is 9.10. The number of likely N-dealkylation sites (N-methyl/N-ethyl adjacent to an activating group) is 1. The van der Waals surface area contributed by atoms with Crippen LogP contribution in [-0.4, -0.2) is 24.0 Å². The Morgan fingerprint density at radius 2 is 2.00 bits per heavy atom. The zero-order valence-corrected chi connectivity index (χ0v) is 13.4. The van der Waals surface area contributed by atoms with Gasteiger partial charge in [0, 0.05) is 16.9 Å². The van der Waals surface area contributed by atoms with Crippen LogP contribution >= 0.6 is 15.9 Å². The number of amides is 1. The Balaban J connectivity index is 2.28. The Morgan fingerprint density at radius 3 is 2.65 bits per heavy atom. The van der Waals surface area contributed by atoms with Crippen molar-refractivity contribution in [3.63, 3.8) is 0 Å². The molecule has 106 valence electrons. The van der Waals surface area contributed by atoms with Gasteiger partial charge < -0.3 is 10.6 Å². The van der Waals surface area contributed by atoms with Crippen molar-refractivity contribution in [2.45, 2.75) is 19.9 Å². The Hall–Kier alpha value is -1.62. The van der Waals surface area contributed by atoms with E-state index in [0.717, 1.165) is 15.4 Å². The summed E-state index contributed by atoms with van der Waals surface area (Å²) in [5.41, 5.74) is 0.901. The predicted molar refractivity (Wildman–Crippen MR) is 85.8 cm³/mol. The molecule has 1 aromatic carbocycles. The number of rotatable bonds is 4. The SMILES string of the molecule is CNC(=O)C(Nc1ccc2cc(Br)ccc2n1)C(C)C. The predicted octanol–water partition coefficient (Wildman–Crippen LogP) is 3.18. The van der Waals surface area contributed by atoms with Gasteiger partial charge in [-0.15, -0.1) is 0 Å². The molecule has 0 aliphatic heterocycles. The molecule has 0 bridgehead atoms. The third-order valence-electron chi connectivity index (χ3n) is 3.15. The van der Waals surface area contributed by atoms with E-state index in [-0.39, 0.29) is 17.9 Å². The van der Waals surface area contributed by atoms with Gasteiger partial charge in [0.15, 0.2) is 0 Å². The highest BCUT2D eigenvalue weighted by atomic mass is 79.9. The van der Waals surface area contributed by atoms with Crippen molar-refractivity contribution in [2.24, 2.45) is 5.92 Å². The van der Waals surface area contributed by atoms with E-state index in [1.807, 2.05) is 44.2 Å². The smallest absolute Gasteiger partial charge is 0.242 e. The molecule has 4 nitrogen and oxygen atoms in total. The maximum Gasteiger partial charge on any atom is 0.242 e. The summed E-state index contributed by atoms with van der Waals surface area (Å²) in [4.78, 5) is 16.4. The summed E-state index contributed by atoms with van der Waals surface area (Å²) in [7, 11) is 1.64. The average molecular weight is 336 g/mol. The van der Waals surface area contributed by atoms with Gasteiger partial charge in [0.05, 0.1) is 5.52 Å². The molecule has 0 saturated carbocycles. The van der Waals surface area contributed by atoms with Crippen molar-refractivity contribution in [3.05, 3.63) is 34.8 Å². The van der Waals surface area contributed by atoms with Gasteiger partial charge in [-0.25, -0.2) is 4.98 Å². The van der Waals surface area contributed by atoms with Crippen molar-refractivity contribution >= 4 is 38.6 Å². The van der Waals surface area contributed by atoms with Crippen LogP contribution in [0.15, 0.2) is 34.8 Å². The van der Waals surface area contributed by atoms with Crippen molar-refractivity contribution in [1.82, 2.24) is 10.3 Å². The molecule has 1 unspecified atom stereocenters. The number of benzene rings is 1. The number of hydrogen-bond donors (Lipinski definition) is 2. The van der Waals surface area contributed by atoms with Gasteiger partial charge in [0.25, 0.3) is 0 Å². The number of fused-ring (bicyclic) bond motifs is 1. The van der Waals surface area contributed by atoms with Crippen molar-refractivity contribution in [1.29, 1.82) is 0 Å². The molecule has 0 aliphatic carbocycles. The Bertz CT molecular complexity index is 628. The van der Waals surface area contributed by atoms with E-state index < -0.39 is 0 Å². The van der Waals surface area contributed by atoms with Crippen LogP contribution in [0.3, 0.4) is 0 Å². The quantitative estimate of drug-likeness (QED) is 0.902. The molecule has 0 spiro atoms. The number of nitrogens with zero attached hydrogens (tertiary/aromatic N) is 1. The summed E-state index contributed by atoms with van der Waals surface area (Å²) in [6.07, 6.45) is 0.